The molecule has 20 heavy (non-hydrogen) atoms. The number of ether oxygens (including phenoxy) is 1. The third-order valence-corrected chi connectivity index (χ3v) is 3.60. The Labute approximate surface area is 120 Å². The van der Waals surface area contributed by atoms with Crippen molar-refractivity contribution in [1.82, 2.24) is 4.90 Å². The topological polar surface area (TPSA) is 41.6 Å². The predicted octanol–water partition coefficient (Wildman–Crippen LogP) is 1.93. The Balaban J connectivity index is 2.03. The first kappa shape index (κ1) is 14.6. The Kier molecular flexibility index (Phi) is 5.18. The fraction of sp³-hybridized carbons (Fsp3) is 0.438. The molecule has 1 aliphatic rings. The highest BCUT2D eigenvalue weighted by molar-refractivity contribution is 5.81. The quantitative estimate of drug-likeness (QED) is 0.806. The number of methoxy groups -OCH3 is 1. The van der Waals surface area contributed by atoms with Gasteiger partial charge in [-0.2, -0.15) is 0 Å². The lowest BCUT2D eigenvalue weighted by Gasteiger charge is -2.30. The number of fused-ring (bicyclic) bond motifs is 1. The Morgan fingerprint density at radius 1 is 1.55 bits per heavy atom. The summed E-state index contributed by atoms with van der Waals surface area (Å²) < 4.78 is 5.07. The molecule has 4 nitrogen and oxygen atoms in total. The van der Waals surface area contributed by atoms with Crippen LogP contribution in [0.4, 0.5) is 5.69 Å². The van der Waals surface area contributed by atoms with Crippen LogP contribution < -0.4 is 5.32 Å². The highest BCUT2D eigenvalue weighted by Crippen LogP contribution is 2.25. The summed E-state index contributed by atoms with van der Waals surface area (Å²) >= 11 is 0. The van der Waals surface area contributed by atoms with Gasteiger partial charge in [0.05, 0.1) is 12.5 Å². The van der Waals surface area contributed by atoms with Crippen molar-refractivity contribution in [2.24, 2.45) is 5.92 Å². The number of hydrogen-bond acceptors (Lipinski definition) is 3. The van der Waals surface area contributed by atoms with Crippen molar-refractivity contribution in [3.63, 3.8) is 0 Å². The summed E-state index contributed by atoms with van der Waals surface area (Å²) in [5.41, 5.74) is 2.35. The van der Waals surface area contributed by atoms with Gasteiger partial charge < -0.3 is 15.0 Å². The van der Waals surface area contributed by atoms with Gasteiger partial charge in [0.25, 0.3) is 0 Å². The lowest BCUT2D eigenvalue weighted by Crippen LogP contribution is -2.42. The molecule has 0 saturated heterocycles. The molecule has 1 N–H and O–H groups in total. The van der Waals surface area contributed by atoms with Crippen LogP contribution in [0.15, 0.2) is 36.9 Å². The molecule has 0 radical (unpaired) electrons. The van der Waals surface area contributed by atoms with Crippen molar-refractivity contribution >= 4 is 11.6 Å². The summed E-state index contributed by atoms with van der Waals surface area (Å²) in [4.78, 5) is 14.4. The molecule has 0 saturated carbocycles. The summed E-state index contributed by atoms with van der Waals surface area (Å²) in [7, 11) is 1.65. The van der Waals surface area contributed by atoms with Crippen molar-refractivity contribution in [3.8, 4) is 0 Å². The maximum Gasteiger partial charge on any atom is 0.228 e. The van der Waals surface area contributed by atoms with E-state index in [-0.39, 0.29) is 11.8 Å². The van der Waals surface area contributed by atoms with Gasteiger partial charge in [0.1, 0.15) is 0 Å². The van der Waals surface area contributed by atoms with Gasteiger partial charge in [0.2, 0.25) is 5.91 Å². The minimum absolute atomic E-state index is 0.0123. The second kappa shape index (κ2) is 7.10. The predicted molar refractivity (Wildman–Crippen MR) is 80.8 cm³/mol. The van der Waals surface area contributed by atoms with Gasteiger partial charge in [-0.15, -0.1) is 6.58 Å². The minimum atomic E-state index is -0.0123. The number of nitrogens with zero attached hydrogens (tertiary/aromatic N) is 1. The smallest absolute Gasteiger partial charge is 0.228 e. The van der Waals surface area contributed by atoms with E-state index in [9.17, 15) is 4.79 Å². The molecule has 1 heterocycles. The highest BCUT2D eigenvalue weighted by Gasteiger charge is 2.27. The Morgan fingerprint density at radius 2 is 2.35 bits per heavy atom. The summed E-state index contributed by atoms with van der Waals surface area (Å²) in [6.45, 7) is 6.14. The number of carbonyl (C=O) groups is 1. The van der Waals surface area contributed by atoms with E-state index in [1.165, 1.54) is 5.56 Å². The van der Waals surface area contributed by atoms with E-state index in [2.05, 4.69) is 24.0 Å². The van der Waals surface area contributed by atoms with E-state index in [4.69, 9.17) is 4.74 Å². The van der Waals surface area contributed by atoms with E-state index in [0.29, 0.717) is 26.2 Å². The molecule has 0 aromatic heterocycles. The first-order valence-electron chi connectivity index (χ1n) is 6.96. The van der Waals surface area contributed by atoms with Gasteiger partial charge in [-0.1, -0.05) is 24.3 Å². The Bertz CT molecular complexity index is 473. The fourth-order valence-corrected chi connectivity index (χ4v) is 2.52. The van der Waals surface area contributed by atoms with Crippen LogP contribution in [0.2, 0.25) is 0 Å². The molecule has 0 fully saturated rings. The van der Waals surface area contributed by atoms with Crippen molar-refractivity contribution < 1.29 is 9.53 Å². The number of carbonyl (C=O) groups excluding carboxylic acids is 1. The molecule has 1 atom stereocenters. The van der Waals surface area contributed by atoms with Crippen molar-refractivity contribution in [2.45, 2.75) is 6.42 Å². The second-order valence-electron chi connectivity index (χ2n) is 5.00. The molecule has 1 aromatic carbocycles. The summed E-state index contributed by atoms with van der Waals surface area (Å²) in [5.74, 6) is 0.158. The molecule has 0 bridgehead atoms. The van der Waals surface area contributed by atoms with E-state index in [1.807, 2.05) is 17.0 Å². The third-order valence-electron chi connectivity index (χ3n) is 3.60. The number of anilines is 1. The highest BCUT2D eigenvalue weighted by atomic mass is 16.5. The molecule has 1 unspecified atom stereocenters. The average Bonchev–Trinajstić information content (AvgIpc) is 2.50. The monoisotopic (exact) mass is 274 g/mol. The van der Waals surface area contributed by atoms with Crippen LogP contribution in [0.1, 0.15) is 5.56 Å². The number of amides is 1. The molecule has 1 aromatic rings. The summed E-state index contributed by atoms with van der Waals surface area (Å²) in [5, 5.41) is 3.34. The molecule has 2 rings (SSSR count). The van der Waals surface area contributed by atoms with Crippen molar-refractivity contribution in [3.05, 3.63) is 42.5 Å². The third kappa shape index (κ3) is 3.39. The van der Waals surface area contributed by atoms with E-state index in [1.54, 1.807) is 13.2 Å². The van der Waals surface area contributed by atoms with Gasteiger partial charge in [-0.05, 0) is 18.1 Å². The Morgan fingerprint density at radius 3 is 3.10 bits per heavy atom. The summed E-state index contributed by atoms with van der Waals surface area (Å²) in [6, 6.07) is 8.16. The zero-order chi connectivity index (χ0) is 14.4. The molecule has 1 aliphatic heterocycles. The van der Waals surface area contributed by atoms with Gasteiger partial charge in [0, 0.05) is 32.4 Å². The van der Waals surface area contributed by atoms with Gasteiger partial charge >= 0.3 is 0 Å². The summed E-state index contributed by atoms with van der Waals surface area (Å²) in [6.07, 6.45) is 2.56. The Hall–Kier alpha value is -1.81. The molecule has 1 amide bonds. The van der Waals surface area contributed by atoms with Crippen LogP contribution in [0, 0.1) is 5.92 Å². The van der Waals surface area contributed by atoms with E-state index in [0.717, 1.165) is 12.1 Å². The molecule has 0 aliphatic carbocycles. The average molecular weight is 274 g/mol. The van der Waals surface area contributed by atoms with Crippen LogP contribution >= 0.6 is 0 Å². The first-order valence-corrected chi connectivity index (χ1v) is 6.96. The van der Waals surface area contributed by atoms with E-state index >= 15 is 0 Å². The molecular weight excluding hydrogens is 252 g/mol. The number of benzene rings is 1. The fourth-order valence-electron chi connectivity index (χ4n) is 2.52. The van der Waals surface area contributed by atoms with Crippen LogP contribution in [0.3, 0.4) is 0 Å². The zero-order valence-corrected chi connectivity index (χ0v) is 12.0. The second-order valence-corrected chi connectivity index (χ2v) is 5.00. The largest absolute Gasteiger partial charge is 0.384 e. The lowest BCUT2D eigenvalue weighted by molar-refractivity contribution is -0.135. The molecule has 108 valence electrons. The SMILES string of the molecule is C=CCN(CCOC)C(=O)C1CNc2ccccc2C1. The van der Waals surface area contributed by atoms with Crippen molar-refractivity contribution in [1.29, 1.82) is 0 Å². The van der Waals surface area contributed by atoms with Crippen LogP contribution in [0.25, 0.3) is 0 Å². The standard InChI is InChI=1S/C16H22N2O2/c1-3-8-18(9-10-20-2)16(19)14-11-13-6-4-5-7-15(13)17-12-14/h3-7,14,17H,1,8-12H2,2H3. The van der Waals surface area contributed by atoms with E-state index < -0.39 is 0 Å². The lowest BCUT2D eigenvalue weighted by atomic mass is 9.93. The van der Waals surface area contributed by atoms with Crippen LogP contribution in [-0.4, -0.2) is 44.2 Å². The number of rotatable bonds is 6. The van der Waals surface area contributed by atoms with Gasteiger partial charge in [-0.25, -0.2) is 0 Å². The number of hydrogen-bond donors (Lipinski definition) is 1. The van der Waals surface area contributed by atoms with Crippen LogP contribution in [0.5, 0.6) is 0 Å². The number of nitrogens with one attached hydrogen (secondary N) is 1. The zero-order valence-electron chi connectivity index (χ0n) is 12.0. The van der Waals surface area contributed by atoms with Gasteiger partial charge in [0.15, 0.2) is 0 Å². The molecular formula is C16H22N2O2. The molecule has 4 heteroatoms. The van der Waals surface area contributed by atoms with Gasteiger partial charge in [-0.3, -0.25) is 4.79 Å². The minimum Gasteiger partial charge on any atom is -0.384 e. The maximum absolute atomic E-state index is 12.6. The normalized spacial score (nSPS) is 16.9. The first-order chi connectivity index (χ1) is 9.76. The molecule has 0 spiro atoms. The van der Waals surface area contributed by atoms with Crippen LogP contribution in [-0.2, 0) is 16.0 Å². The maximum atomic E-state index is 12.6. The van der Waals surface area contributed by atoms with Crippen molar-refractivity contribution in [2.75, 3.05) is 38.7 Å². The number of para-hydroxylation sites is 1.